The number of carbonyl (C=O) groups excluding carboxylic acids is 2. The fourth-order valence-electron chi connectivity index (χ4n) is 4.43. The number of ether oxygens (including phenoxy) is 1. The molecular formula is C30H41N3O3. The molecule has 1 aliphatic rings. The molecule has 0 bridgehead atoms. The summed E-state index contributed by atoms with van der Waals surface area (Å²) in [5.41, 5.74) is 2.91. The van der Waals surface area contributed by atoms with Gasteiger partial charge in [0.2, 0.25) is 5.91 Å². The van der Waals surface area contributed by atoms with Gasteiger partial charge in [-0.2, -0.15) is 0 Å². The summed E-state index contributed by atoms with van der Waals surface area (Å²) < 4.78 is 5.44. The van der Waals surface area contributed by atoms with Gasteiger partial charge in [-0.1, -0.05) is 67.8 Å². The van der Waals surface area contributed by atoms with Crippen LogP contribution in [0.3, 0.4) is 0 Å². The van der Waals surface area contributed by atoms with E-state index >= 15 is 0 Å². The van der Waals surface area contributed by atoms with Crippen LogP contribution in [0.1, 0.15) is 54.1 Å². The number of hydrogen-bond acceptors (Lipinski definition) is 4. The Labute approximate surface area is 216 Å². The summed E-state index contributed by atoms with van der Waals surface area (Å²) in [6.45, 7) is 9.34. The molecule has 1 heterocycles. The molecule has 1 aliphatic heterocycles. The summed E-state index contributed by atoms with van der Waals surface area (Å²) in [7, 11) is 1.67. The number of amides is 2. The molecule has 1 fully saturated rings. The summed E-state index contributed by atoms with van der Waals surface area (Å²) in [6.07, 6.45) is 7.78. The smallest absolute Gasteiger partial charge is 0.253 e. The summed E-state index contributed by atoms with van der Waals surface area (Å²) >= 11 is 0. The topological polar surface area (TPSA) is 53.1 Å². The van der Waals surface area contributed by atoms with E-state index in [2.05, 4.69) is 11.8 Å². The minimum absolute atomic E-state index is 0.101. The lowest BCUT2D eigenvalue weighted by Gasteiger charge is -2.36. The molecule has 0 aliphatic carbocycles. The standard InChI is InChI=1S/C30H41N3O3/c1-4-5-6-13-29(34)32(18-9-11-26-10-7-8-12-28(26)36-3)22-19-31-20-23-33(24-21-31)30(35)27-16-14-25(2)15-17-27/h7-12,14-17H,4-6,13,18-24H2,1-3H3/b11-9+. The molecule has 0 radical (unpaired) electrons. The molecule has 6 heteroatoms. The Morgan fingerprint density at radius 1 is 1.00 bits per heavy atom. The molecule has 2 aromatic rings. The van der Waals surface area contributed by atoms with E-state index in [0.717, 1.165) is 61.3 Å². The van der Waals surface area contributed by atoms with Crippen LogP contribution in [0, 0.1) is 6.92 Å². The number of methoxy groups -OCH3 is 1. The Morgan fingerprint density at radius 2 is 1.72 bits per heavy atom. The average molecular weight is 492 g/mol. The van der Waals surface area contributed by atoms with Crippen molar-refractivity contribution in [3.8, 4) is 5.75 Å². The Kier molecular flexibility index (Phi) is 11.0. The monoisotopic (exact) mass is 491 g/mol. The van der Waals surface area contributed by atoms with Crippen molar-refractivity contribution in [2.45, 2.75) is 39.5 Å². The Hall–Kier alpha value is -3.12. The predicted molar refractivity (Wildman–Crippen MR) is 146 cm³/mol. The quantitative estimate of drug-likeness (QED) is 0.397. The number of unbranched alkanes of at least 4 members (excludes halogenated alkanes) is 2. The molecule has 36 heavy (non-hydrogen) atoms. The van der Waals surface area contributed by atoms with Crippen molar-refractivity contribution in [3.05, 3.63) is 71.3 Å². The second kappa shape index (κ2) is 14.4. The van der Waals surface area contributed by atoms with Gasteiger partial charge in [0.15, 0.2) is 0 Å². The molecule has 2 amide bonds. The second-order valence-electron chi connectivity index (χ2n) is 9.44. The number of hydrogen-bond donors (Lipinski definition) is 0. The van der Waals surface area contributed by atoms with Gasteiger partial charge in [-0.15, -0.1) is 0 Å². The fraction of sp³-hybridized carbons (Fsp3) is 0.467. The van der Waals surface area contributed by atoms with Gasteiger partial charge >= 0.3 is 0 Å². The third-order valence-corrected chi connectivity index (χ3v) is 6.75. The van der Waals surface area contributed by atoms with E-state index in [9.17, 15) is 9.59 Å². The average Bonchev–Trinajstić information content (AvgIpc) is 2.91. The van der Waals surface area contributed by atoms with Crippen LogP contribution in [0.4, 0.5) is 0 Å². The normalized spacial score (nSPS) is 14.2. The lowest BCUT2D eigenvalue weighted by molar-refractivity contribution is -0.131. The maximum absolute atomic E-state index is 13.0. The van der Waals surface area contributed by atoms with E-state index in [4.69, 9.17) is 4.74 Å². The molecule has 0 saturated carbocycles. The van der Waals surface area contributed by atoms with E-state index in [1.165, 1.54) is 0 Å². The first kappa shape index (κ1) is 27.5. The number of para-hydroxylation sites is 1. The van der Waals surface area contributed by atoms with Crippen LogP contribution in [0.15, 0.2) is 54.6 Å². The highest BCUT2D eigenvalue weighted by molar-refractivity contribution is 5.94. The SMILES string of the molecule is CCCCCC(=O)N(C/C=C/c1ccccc1OC)CCN1CCN(C(=O)c2ccc(C)cc2)CC1. The molecule has 3 rings (SSSR count). The van der Waals surface area contributed by atoms with Crippen molar-refractivity contribution < 1.29 is 14.3 Å². The lowest BCUT2D eigenvalue weighted by atomic mass is 10.1. The highest BCUT2D eigenvalue weighted by atomic mass is 16.5. The van der Waals surface area contributed by atoms with E-state index in [0.29, 0.717) is 32.6 Å². The minimum Gasteiger partial charge on any atom is -0.496 e. The predicted octanol–water partition coefficient (Wildman–Crippen LogP) is 4.88. The molecule has 194 valence electrons. The van der Waals surface area contributed by atoms with Gasteiger partial charge in [0.05, 0.1) is 7.11 Å². The lowest BCUT2D eigenvalue weighted by Crippen LogP contribution is -2.50. The number of piperazine rings is 1. The van der Waals surface area contributed by atoms with Gasteiger partial charge in [-0.05, 0) is 31.5 Å². The van der Waals surface area contributed by atoms with Crippen molar-refractivity contribution in [1.29, 1.82) is 0 Å². The number of nitrogens with zero attached hydrogens (tertiary/aromatic N) is 3. The summed E-state index contributed by atoms with van der Waals surface area (Å²) in [6, 6.07) is 15.7. The number of aryl methyl sites for hydroxylation is 1. The maximum Gasteiger partial charge on any atom is 0.253 e. The minimum atomic E-state index is 0.101. The Morgan fingerprint density at radius 3 is 2.42 bits per heavy atom. The van der Waals surface area contributed by atoms with E-state index in [1.807, 2.05) is 77.4 Å². The summed E-state index contributed by atoms with van der Waals surface area (Å²) in [4.78, 5) is 32.0. The Bertz CT molecular complexity index is 995. The molecule has 2 aromatic carbocycles. The molecule has 0 unspecified atom stereocenters. The highest BCUT2D eigenvalue weighted by Gasteiger charge is 2.23. The van der Waals surface area contributed by atoms with Crippen LogP contribution in [0.5, 0.6) is 5.75 Å². The zero-order valence-corrected chi connectivity index (χ0v) is 22.1. The van der Waals surface area contributed by atoms with Crippen molar-refractivity contribution >= 4 is 17.9 Å². The molecule has 0 atom stereocenters. The van der Waals surface area contributed by atoms with Crippen molar-refractivity contribution in [3.63, 3.8) is 0 Å². The number of carbonyl (C=O) groups is 2. The van der Waals surface area contributed by atoms with Crippen molar-refractivity contribution in [1.82, 2.24) is 14.7 Å². The highest BCUT2D eigenvalue weighted by Crippen LogP contribution is 2.19. The van der Waals surface area contributed by atoms with E-state index in [-0.39, 0.29) is 11.8 Å². The number of rotatable bonds is 12. The largest absolute Gasteiger partial charge is 0.496 e. The fourth-order valence-corrected chi connectivity index (χ4v) is 4.43. The van der Waals surface area contributed by atoms with Crippen molar-refractivity contribution in [2.75, 3.05) is 52.9 Å². The van der Waals surface area contributed by atoms with E-state index in [1.54, 1.807) is 7.11 Å². The van der Waals surface area contributed by atoms with Gasteiger partial charge in [-0.3, -0.25) is 14.5 Å². The van der Waals surface area contributed by atoms with Gasteiger partial charge in [-0.25, -0.2) is 0 Å². The molecular weight excluding hydrogens is 450 g/mol. The van der Waals surface area contributed by atoms with Crippen LogP contribution in [-0.2, 0) is 4.79 Å². The van der Waals surface area contributed by atoms with E-state index < -0.39 is 0 Å². The molecule has 0 aromatic heterocycles. The van der Waals surface area contributed by atoms with Gasteiger partial charge in [0.1, 0.15) is 5.75 Å². The zero-order valence-electron chi connectivity index (χ0n) is 22.1. The van der Waals surface area contributed by atoms with Gasteiger partial charge in [0, 0.05) is 63.4 Å². The van der Waals surface area contributed by atoms with Gasteiger partial charge in [0.25, 0.3) is 5.91 Å². The molecule has 6 nitrogen and oxygen atoms in total. The molecule has 0 N–H and O–H groups in total. The van der Waals surface area contributed by atoms with Crippen molar-refractivity contribution in [2.24, 2.45) is 0 Å². The second-order valence-corrected chi connectivity index (χ2v) is 9.44. The van der Waals surface area contributed by atoms with Crippen LogP contribution in [0.2, 0.25) is 0 Å². The zero-order chi connectivity index (χ0) is 25.8. The van der Waals surface area contributed by atoms with Crippen LogP contribution in [0.25, 0.3) is 6.08 Å². The van der Waals surface area contributed by atoms with Crippen LogP contribution in [-0.4, -0.2) is 79.4 Å². The first-order valence-electron chi connectivity index (χ1n) is 13.2. The number of benzene rings is 2. The maximum atomic E-state index is 13.0. The third kappa shape index (κ3) is 8.23. The molecule has 0 spiro atoms. The van der Waals surface area contributed by atoms with Gasteiger partial charge < -0.3 is 14.5 Å². The summed E-state index contributed by atoms with van der Waals surface area (Å²) in [5.74, 6) is 1.14. The van der Waals surface area contributed by atoms with Crippen LogP contribution < -0.4 is 4.74 Å². The van der Waals surface area contributed by atoms with Crippen LogP contribution >= 0.6 is 0 Å². The Balaban J connectivity index is 1.53. The first-order valence-corrected chi connectivity index (χ1v) is 13.2. The molecule has 1 saturated heterocycles. The first-order chi connectivity index (χ1) is 17.5. The third-order valence-electron chi connectivity index (χ3n) is 6.75. The summed E-state index contributed by atoms with van der Waals surface area (Å²) in [5, 5.41) is 0.